The summed E-state index contributed by atoms with van der Waals surface area (Å²) < 4.78 is 18.6. The molecule has 142 valence electrons. The van der Waals surface area contributed by atoms with Crippen LogP contribution in [0.3, 0.4) is 0 Å². The van der Waals surface area contributed by atoms with Gasteiger partial charge in [0, 0.05) is 30.0 Å². The minimum atomic E-state index is -0.310. The van der Waals surface area contributed by atoms with Crippen LogP contribution in [0.4, 0.5) is 4.39 Å². The lowest BCUT2D eigenvalue weighted by Crippen LogP contribution is -2.35. The minimum Gasteiger partial charge on any atom is -0.394 e. The smallest absolute Gasteiger partial charge is 0.303 e. The molecular formula is C19H21FN4O3. The van der Waals surface area contributed by atoms with Crippen LogP contribution in [0.5, 0.6) is 0 Å². The number of aromatic nitrogens is 3. The number of nitrogens with zero attached hydrogens (tertiary/aromatic N) is 4. The monoisotopic (exact) mass is 372 g/mol. The van der Waals surface area contributed by atoms with Crippen molar-refractivity contribution in [2.24, 2.45) is 0 Å². The molecule has 1 saturated heterocycles. The Morgan fingerprint density at radius 3 is 2.93 bits per heavy atom. The molecule has 0 unspecified atom stereocenters. The van der Waals surface area contributed by atoms with Crippen LogP contribution in [0.15, 0.2) is 45.8 Å². The second-order valence-corrected chi connectivity index (χ2v) is 6.75. The number of rotatable bonds is 6. The summed E-state index contributed by atoms with van der Waals surface area (Å²) in [5, 5.41) is 8.95. The number of hydrogen-bond acceptors (Lipinski definition) is 6. The summed E-state index contributed by atoms with van der Waals surface area (Å²) in [5.41, 5.74) is 1.18. The van der Waals surface area contributed by atoms with E-state index in [-0.39, 0.29) is 11.4 Å². The zero-order valence-corrected chi connectivity index (χ0v) is 14.9. The van der Waals surface area contributed by atoms with E-state index in [0.29, 0.717) is 18.1 Å². The van der Waals surface area contributed by atoms with Crippen LogP contribution in [-0.4, -0.2) is 46.2 Å². The highest BCUT2D eigenvalue weighted by atomic mass is 19.1. The van der Waals surface area contributed by atoms with Crippen molar-refractivity contribution >= 4 is 11.0 Å². The molecule has 1 fully saturated rings. The third-order valence-corrected chi connectivity index (χ3v) is 4.95. The highest BCUT2D eigenvalue weighted by molar-refractivity contribution is 5.79. The van der Waals surface area contributed by atoms with E-state index in [1.54, 1.807) is 12.1 Å². The molecule has 3 aromatic rings. The highest BCUT2D eigenvalue weighted by Crippen LogP contribution is 2.32. The number of halogens is 1. The van der Waals surface area contributed by atoms with E-state index in [2.05, 4.69) is 15.2 Å². The number of fused-ring (bicyclic) bond motifs is 1. The number of likely N-dealkylation sites (tertiary alicyclic amines) is 1. The molecular weight excluding hydrogens is 351 g/mol. The fraction of sp³-hybridized carbons (Fsp3) is 0.421. The van der Waals surface area contributed by atoms with E-state index in [1.807, 2.05) is 0 Å². The molecule has 4 rings (SSSR count). The van der Waals surface area contributed by atoms with Crippen LogP contribution < -0.4 is 10.4 Å². The first-order valence-electron chi connectivity index (χ1n) is 9.15. The average Bonchev–Trinajstić information content (AvgIpc) is 3.10. The van der Waals surface area contributed by atoms with Gasteiger partial charge in [0.15, 0.2) is 5.58 Å². The molecule has 27 heavy (non-hydrogen) atoms. The van der Waals surface area contributed by atoms with Gasteiger partial charge in [-0.15, -0.1) is 5.10 Å². The van der Waals surface area contributed by atoms with Crippen molar-refractivity contribution in [2.45, 2.75) is 25.2 Å². The van der Waals surface area contributed by atoms with Gasteiger partial charge in [-0.1, -0.05) is 10.0 Å². The van der Waals surface area contributed by atoms with Gasteiger partial charge in [0.05, 0.1) is 11.9 Å². The Kier molecular flexibility index (Phi) is 5.15. The molecule has 3 heterocycles. The first kappa shape index (κ1) is 17.7. The molecule has 0 atom stereocenters. The molecule has 1 aliphatic heterocycles. The fourth-order valence-corrected chi connectivity index (χ4v) is 3.54. The van der Waals surface area contributed by atoms with Crippen LogP contribution in [0.1, 0.15) is 30.9 Å². The van der Waals surface area contributed by atoms with Gasteiger partial charge in [-0.25, -0.2) is 4.39 Å². The Morgan fingerprint density at radius 2 is 2.11 bits per heavy atom. The van der Waals surface area contributed by atoms with Gasteiger partial charge in [-0.05, 0) is 50.6 Å². The van der Waals surface area contributed by atoms with E-state index >= 15 is 0 Å². The summed E-state index contributed by atoms with van der Waals surface area (Å²) in [5.74, 6) is 0.0199. The molecule has 0 aliphatic carbocycles. The van der Waals surface area contributed by atoms with Crippen molar-refractivity contribution in [3.05, 3.63) is 58.4 Å². The molecule has 0 amide bonds. The van der Waals surface area contributed by atoms with E-state index < -0.39 is 0 Å². The van der Waals surface area contributed by atoms with Crippen molar-refractivity contribution < 1.29 is 13.8 Å². The molecule has 1 aliphatic rings. The summed E-state index contributed by atoms with van der Waals surface area (Å²) >= 11 is 0. The van der Waals surface area contributed by atoms with Gasteiger partial charge in [-0.3, -0.25) is 4.79 Å². The van der Waals surface area contributed by atoms with Gasteiger partial charge < -0.3 is 14.3 Å². The van der Waals surface area contributed by atoms with Crippen LogP contribution in [-0.2, 0) is 0 Å². The molecule has 0 N–H and O–H groups in total. The Balaban J connectivity index is 1.25. The second kappa shape index (κ2) is 7.87. The maximum Gasteiger partial charge on any atom is 0.303 e. The van der Waals surface area contributed by atoms with Crippen molar-refractivity contribution in [1.82, 2.24) is 20.0 Å². The first-order chi connectivity index (χ1) is 13.2. The maximum absolute atomic E-state index is 13.3. The molecule has 8 heteroatoms. The van der Waals surface area contributed by atoms with Crippen molar-refractivity contribution in [2.75, 3.05) is 26.2 Å². The number of benzene rings is 1. The van der Waals surface area contributed by atoms with Crippen LogP contribution in [0.2, 0.25) is 0 Å². The summed E-state index contributed by atoms with van der Waals surface area (Å²) in [6.07, 6.45) is 4.31. The summed E-state index contributed by atoms with van der Waals surface area (Å²) in [4.78, 5) is 20.3. The number of hydrogen-bond donors (Lipinski definition) is 0. The third-order valence-electron chi connectivity index (χ3n) is 4.95. The Labute approximate surface area is 155 Å². The van der Waals surface area contributed by atoms with Crippen LogP contribution in [0, 0.1) is 5.82 Å². The third kappa shape index (κ3) is 4.00. The molecule has 0 radical (unpaired) electrons. The Hall–Kier alpha value is -2.74. The lowest BCUT2D eigenvalue weighted by molar-refractivity contribution is 0.0624. The minimum absolute atomic E-state index is 0.266. The van der Waals surface area contributed by atoms with Gasteiger partial charge in [0.25, 0.3) is 0 Å². The molecule has 1 aromatic carbocycles. The molecule has 2 aromatic heterocycles. The van der Waals surface area contributed by atoms with Crippen LogP contribution in [0.25, 0.3) is 11.0 Å². The predicted octanol–water partition coefficient (Wildman–Crippen LogP) is 2.22. The SMILES string of the molecule is O=c1cccnn1OCCCN1CCC(c2noc3cc(F)ccc23)CC1. The fourth-order valence-electron chi connectivity index (χ4n) is 3.54. The normalized spacial score (nSPS) is 16.0. The summed E-state index contributed by atoms with van der Waals surface area (Å²) in [6, 6.07) is 7.58. The lowest BCUT2D eigenvalue weighted by atomic mass is 9.91. The van der Waals surface area contributed by atoms with E-state index in [0.717, 1.165) is 54.8 Å². The largest absolute Gasteiger partial charge is 0.394 e. The summed E-state index contributed by atoms with van der Waals surface area (Å²) in [7, 11) is 0. The van der Waals surface area contributed by atoms with E-state index in [4.69, 9.17) is 9.36 Å². The Morgan fingerprint density at radius 1 is 1.26 bits per heavy atom. The number of piperidine rings is 1. The van der Waals surface area contributed by atoms with E-state index in [9.17, 15) is 9.18 Å². The predicted molar refractivity (Wildman–Crippen MR) is 96.9 cm³/mol. The lowest BCUT2D eigenvalue weighted by Gasteiger charge is -2.31. The van der Waals surface area contributed by atoms with Crippen molar-refractivity contribution in [1.29, 1.82) is 0 Å². The highest BCUT2D eigenvalue weighted by Gasteiger charge is 2.24. The standard InChI is InChI=1S/C19H21FN4O3/c20-15-4-5-16-17(13-15)27-22-19(16)14-6-10-23(11-7-14)9-2-12-26-24-18(25)3-1-8-21-24/h1,3-5,8,13-14H,2,6-7,9-12H2. The van der Waals surface area contributed by atoms with Gasteiger partial charge in [-0.2, -0.15) is 0 Å². The molecule has 0 bridgehead atoms. The maximum atomic E-state index is 13.3. The van der Waals surface area contributed by atoms with Gasteiger partial charge in [0.1, 0.15) is 12.4 Å². The van der Waals surface area contributed by atoms with Gasteiger partial charge >= 0.3 is 5.56 Å². The van der Waals surface area contributed by atoms with E-state index in [1.165, 1.54) is 24.4 Å². The second-order valence-electron chi connectivity index (χ2n) is 6.75. The quantitative estimate of drug-likeness (QED) is 0.618. The van der Waals surface area contributed by atoms with Crippen molar-refractivity contribution in [3.63, 3.8) is 0 Å². The molecule has 0 saturated carbocycles. The zero-order valence-electron chi connectivity index (χ0n) is 14.9. The van der Waals surface area contributed by atoms with Crippen molar-refractivity contribution in [3.8, 4) is 0 Å². The summed E-state index contributed by atoms with van der Waals surface area (Å²) in [6.45, 7) is 3.27. The topological polar surface area (TPSA) is 73.4 Å². The molecule has 7 nitrogen and oxygen atoms in total. The first-order valence-corrected chi connectivity index (χ1v) is 9.15. The zero-order chi connectivity index (χ0) is 18.6. The Bertz CT molecular complexity index is 963. The van der Waals surface area contributed by atoms with Crippen LogP contribution >= 0.6 is 0 Å². The average molecular weight is 372 g/mol. The van der Waals surface area contributed by atoms with Gasteiger partial charge in [0.2, 0.25) is 0 Å². The molecule has 0 spiro atoms.